The van der Waals surface area contributed by atoms with Crippen LogP contribution in [0, 0.1) is 11.7 Å². The molecule has 1 aromatic carbocycles. The van der Waals surface area contributed by atoms with E-state index in [2.05, 4.69) is 15.0 Å². The summed E-state index contributed by atoms with van der Waals surface area (Å²) in [6, 6.07) is 4.47. The Bertz CT molecular complexity index is 874. The van der Waals surface area contributed by atoms with E-state index in [4.69, 9.17) is 4.74 Å². The summed E-state index contributed by atoms with van der Waals surface area (Å²) in [5.74, 6) is -0.364. The van der Waals surface area contributed by atoms with Crippen LogP contribution in [0.3, 0.4) is 0 Å². The van der Waals surface area contributed by atoms with Crippen LogP contribution in [0.2, 0.25) is 0 Å². The van der Waals surface area contributed by atoms with Gasteiger partial charge in [0.25, 0.3) is 0 Å². The van der Waals surface area contributed by atoms with E-state index in [1.807, 2.05) is 0 Å². The Labute approximate surface area is 147 Å². The molecule has 6 nitrogen and oxygen atoms in total. The van der Waals surface area contributed by atoms with Crippen LogP contribution < -0.4 is 4.90 Å². The number of amides is 1. The van der Waals surface area contributed by atoms with E-state index >= 15 is 0 Å². The highest BCUT2D eigenvalue weighted by atomic mass is 32.1. The zero-order chi connectivity index (χ0) is 17.2. The third kappa shape index (κ3) is 3.40. The zero-order valence-corrected chi connectivity index (χ0v) is 14.3. The predicted octanol–water partition coefficient (Wildman–Crippen LogP) is 3.12. The number of thiazole rings is 1. The molecule has 0 spiro atoms. The summed E-state index contributed by atoms with van der Waals surface area (Å²) in [4.78, 5) is 26.4. The molecule has 0 unspecified atom stereocenters. The number of aromatic amines is 1. The Kier molecular flexibility index (Phi) is 4.46. The van der Waals surface area contributed by atoms with Gasteiger partial charge in [-0.1, -0.05) is 11.3 Å². The summed E-state index contributed by atoms with van der Waals surface area (Å²) >= 11 is 1.32. The fourth-order valence-corrected chi connectivity index (χ4v) is 3.94. The lowest BCUT2D eigenvalue weighted by molar-refractivity contribution is -0.125. The van der Waals surface area contributed by atoms with Gasteiger partial charge in [-0.15, -0.1) is 0 Å². The first-order valence-electron chi connectivity index (χ1n) is 8.13. The molecule has 1 amide bonds. The molecule has 8 heteroatoms. The van der Waals surface area contributed by atoms with Crippen molar-refractivity contribution in [3.63, 3.8) is 0 Å². The second-order valence-corrected chi connectivity index (χ2v) is 7.01. The van der Waals surface area contributed by atoms with Gasteiger partial charge < -0.3 is 9.72 Å². The number of carbonyl (C=O) groups excluding carboxylic acids is 1. The fourth-order valence-electron chi connectivity index (χ4n) is 2.95. The Morgan fingerprint density at radius 2 is 2.24 bits per heavy atom. The van der Waals surface area contributed by atoms with Crippen LogP contribution in [-0.4, -0.2) is 34.1 Å². The molecule has 25 heavy (non-hydrogen) atoms. The lowest BCUT2D eigenvalue weighted by Crippen LogP contribution is -2.38. The SMILES string of the molecule is O=C(C1CCOCC1)N(Cc1cnc[nH]1)c1nc2ccc(F)cc2s1. The van der Waals surface area contributed by atoms with Crippen LogP contribution in [0.4, 0.5) is 9.52 Å². The summed E-state index contributed by atoms with van der Waals surface area (Å²) in [7, 11) is 0. The number of carbonyl (C=O) groups is 1. The maximum absolute atomic E-state index is 13.5. The third-order valence-electron chi connectivity index (χ3n) is 4.29. The second kappa shape index (κ2) is 6.89. The first-order chi connectivity index (χ1) is 12.2. The molecule has 0 atom stereocenters. The van der Waals surface area contributed by atoms with Gasteiger partial charge in [0.1, 0.15) is 5.82 Å². The molecule has 3 heterocycles. The van der Waals surface area contributed by atoms with E-state index in [1.165, 1.54) is 23.5 Å². The number of hydrogen-bond acceptors (Lipinski definition) is 5. The fraction of sp³-hybridized carbons (Fsp3) is 0.353. The summed E-state index contributed by atoms with van der Waals surface area (Å²) in [6.45, 7) is 1.55. The normalized spacial score (nSPS) is 15.6. The average molecular weight is 360 g/mol. The predicted molar refractivity (Wildman–Crippen MR) is 92.9 cm³/mol. The number of rotatable bonds is 4. The molecule has 1 fully saturated rings. The molecule has 0 bridgehead atoms. The Morgan fingerprint density at radius 3 is 3.00 bits per heavy atom. The molecule has 4 rings (SSSR count). The minimum Gasteiger partial charge on any atom is -0.381 e. The van der Waals surface area contributed by atoms with Crippen molar-refractivity contribution in [3.8, 4) is 0 Å². The average Bonchev–Trinajstić information content (AvgIpc) is 3.28. The molecular weight excluding hydrogens is 343 g/mol. The number of ether oxygens (including phenoxy) is 1. The lowest BCUT2D eigenvalue weighted by Gasteiger charge is -2.27. The number of nitrogens with one attached hydrogen (secondary N) is 1. The number of nitrogens with zero attached hydrogens (tertiary/aromatic N) is 3. The van der Waals surface area contributed by atoms with Crippen molar-refractivity contribution >= 4 is 32.6 Å². The van der Waals surface area contributed by atoms with Gasteiger partial charge in [-0.3, -0.25) is 9.69 Å². The number of fused-ring (bicyclic) bond motifs is 1. The Balaban J connectivity index is 1.68. The van der Waals surface area contributed by atoms with Crippen molar-refractivity contribution in [2.24, 2.45) is 5.92 Å². The summed E-state index contributed by atoms with van der Waals surface area (Å²) in [5, 5.41) is 0.576. The molecule has 1 aliphatic rings. The monoisotopic (exact) mass is 360 g/mol. The van der Waals surface area contributed by atoms with E-state index in [0.717, 1.165) is 10.4 Å². The van der Waals surface area contributed by atoms with E-state index in [-0.39, 0.29) is 17.6 Å². The number of hydrogen-bond donors (Lipinski definition) is 1. The summed E-state index contributed by atoms with van der Waals surface area (Å²) in [5.41, 5.74) is 1.52. The van der Waals surface area contributed by atoms with Crippen LogP contribution in [0.1, 0.15) is 18.5 Å². The van der Waals surface area contributed by atoms with Gasteiger partial charge in [-0.25, -0.2) is 14.4 Å². The highest BCUT2D eigenvalue weighted by Gasteiger charge is 2.29. The van der Waals surface area contributed by atoms with Gasteiger partial charge in [0.2, 0.25) is 5.91 Å². The van der Waals surface area contributed by atoms with E-state index in [1.54, 1.807) is 23.5 Å². The maximum Gasteiger partial charge on any atom is 0.232 e. The first-order valence-corrected chi connectivity index (χ1v) is 8.95. The van der Waals surface area contributed by atoms with Gasteiger partial charge in [0, 0.05) is 25.3 Å². The molecular formula is C17H17FN4O2S. The standard InChI is InChI=1S/C17H17FN4O2S/c18-12-1-2-14-15(7-12)25-17(21-14)22(9-13-8-19-10-20-13)16(23)11-3-5-24-6-4-11/h1-2,7-8,10-11H,3-6,9H2,(H,19,20). The Morgan fingerprint density at radius 1 is 1.40 bits per heavy atom. The second-order valence-electron chi connectivity index (χ2n) is 6.00. The van der Waals surface area contributed by atoms with Crippen LogP contribution in [0.25, 0.3) is 10.2 Å². The molecule has 3 aromatic rings. The minimum absolute atomic E-state index is 0.0254. The van der Waals surface area contributed by atoms with Crippen molar-refractivity contribution in [2.75, 3.05) is 18.1 Å². The van der Waals surface area contributed by atoms with Gasteiger partial charge in [0.05, 0.1) is 28.8 Å². The van der Waals surface area contributed by atoms with Gasteiger partial charge in [-0.05, 0) is 31.0 Å². The summed E-state index contributed by atoms with van der Waals surface area (Å²) < 4.78 is 19.6. The highest BCUT2D eigenvalue weighted by Crippen LogP contribution is 2.32. The van der Waals surface area contributed by atoms with Crippen molar-refractivity contribution in [2.45, 2.75) is 19.4 Å². The number of H-pyrrole nitrogens is 1. The minimum atomic E-state index is -0.307. The van der Waals surface area contributed by atoms with Crippen molar-refractivity contribution in [1.82, 2.24) is 15.0 Å². The van der Waals surface area contributed by atoms with Gasteiger partial charge in [-0.2, -0.15) is 0 Å². The lowest BCUT2D eigenvalue weighted by atomic mass is 9.99. The van der Waals surface area contributed by atoms with Gasteiger partial charge >= 0.3 is 0 Å². The smallest absolute Gasteiger partial charge is 0.232 e. The largest absolute Gasteiger partial charge is 0.381 e. The topological polar surface area (TPSA) is 71.1 Å². The van der Waals surface area contributed by atoms with E-state index < -0.39 is 0 Å². The van der Waals surface area contributed by atoms with Crippen molar-refractivity contribution in [3.05, 3.63) is 42.2 Å². The molecule has 0 saturated carbocycles. The number of benzene rings is 1. The quantitative estimate of drug-likeness (QED) is 0.776. The van der Waals surface area contributed by atoms with Gasteiger partial charge in [0.15, 0.2) is 5.13 Å². The number of anilines is 1. The number of halogens is 1. The first kappa shape index (κ1) is 16.2. The molecule has 0 radical (unpaired) electrons. The Hall–Kier alpha value is -2.32. The zero-order valence-electron chi connectivity index (χ0n) is 13.4. The third-order valence-corrected chi connectivity index (χ3v) is 5.33. The van der Waals surface area contributed by atoms with Crippen LogP contribution in [0.5, 0.6) is 0 Å². The van der Waals surface area contributed by atoms with Crippen LogP contribution >= 0.6 is 11.3 Å². The van der Waals surface area contributed by atoms with Crippen molar-refractivity contribution < 1.29 is 13.9 Å². The molecule has 1 N–H and O–H groups in total. The highest BCUT2D eigenvalue weighted by molar-refractivity contribution is 7.22. The number of aromatic nitrogens is 3. The number of imidazole rings is 1. The van der Waals surface area contributed by atoms with E-state index in [0.29, 0.717) is 43.2 Å². The van der Waals surface area contributed by atoms with Crippen molar-refractivity contribution in [1.29, 1.82) is 0 Å². The van der Waals surface area contributed by atoms with Crippen LogP contribution in [0.15, 0.2) is 30.7 Å². The molecule has 2 aromatic heterocycles. The van der Waals surface area contributed by atoms with E-state index in [9.17, 15) is 9.18 Å². The summed E-state index contributed by atoms with van der Waals surface area (Å²) in [6.07, 6.45) is 4.69. The molecule has 1 saturated heterocycles. The molecule has 130 valence electrons. The molecule has 1 aliphatic heterocycles. The molecule has 0 aliphatic carbocycles. The maximum atomic E-state index is 13.5. The van der Waals surface area contributed by atoms with Crippen LogP contribution in [-0.2, 0) is 16.1 Å².